The zero-order chi connectivity index (χ0) is 17.1. The molecule has 2 aromatic carbocycles. The van der Waals surface area contributed by atoms with E-state index in [9.17, 15) is 0 Å². The first-order valence-electron chi connectivity index (χ1n) is 8.69. The van der Waals surface area contributed by atoms with Crippen LogP contribution in [0.3, 0.4) is 0 Å². The molecule has 1 atom stereocenters. The van der Waals surface area contributed by atoms with E-state index in [2.05, 4.69) is 64.6 Å². The van der Waals surface area contributed by atoms with Crippen LogP contribution in [0, 0.1) is 0 Å². The molecule has 0 radical (unpaired) electrons. The number of likely N-dealkylation sites (N-methyl/N-ethyl adjacent to an activating group) is 1. The van der Waals surface area contributed by atoms with Crippen LogP contribution in [0.4, 0.5) is 0 Å². The molecular weight excluding hydrogens is 314 g/mol. The Hall–Kier alpha value is -2.21. The summed E-state index contributed by atoms with van der Waals surface area (Å²) >= 11 is 0. The van der Waals surface area contributed by atoms with Crippen LogP contribution in [0.25, 0.3) is 22.0 Å². The molecular formula is C20H23N3O2. The summed E-state index contributed by atoms with van der Waals surface area (Å²) in [6, 6.07) is 14.8. The van der Waals surface area contributed by atoms with Gasteiger partial charge in [0.25, 0.3) is 0 Å². The minimum absolute atomic E-state index is 0.145. The van der Waals surface area contributed by atoms with Crippen LogP contribution in [-0.2, 0) is 16.0 Å². The molecule has 1 aliphatic heterocycles. The van der Waals surface area contributed by atoms with Crippen LogP contribution in [0.1, 0.15) is 5.56 Å². The van der Waals surface area contributed by atoms with Gasteiger partial charge in [0.2, 0.25) is 0 Å². The minimum Gasteiger partial charge on any atom is -0.376 e. The topological polar surface area (TPSA) is 50.4 Å². The fourth-order valence-corrected chi connectivity index (χ4v) is 3.45. The molecule has 3 aromatic rings. The fraction of sp³-hybridized carbons (Fsp3) is 0.350. The Kier molecular flexibility index (Phi) is 4.78. The van der Waals surface area contributed by atoms with Crippen LogP contribution in [0.15, 0.2) is 48.7 Å². The van der Waals surface area contributed by atoms with Gasteiger partial charge >= 0.3 is 0 Å². The largest absolute Gasteiger partial charge is 0.376 e. The maximum Gasteiger partial charge on any atom is 0.0936 e. The Morgan fingerprint density at radius 1 is 1.16 bits per heavy atom. The van der Waals surface area contributed by atoms with Gasteiger partial charge in [-0.15, -0.1) is 0 Å². The van der Waals surface area contributed by atoms with E-state index in [1.165, 1.54) is 21.9 Å². The lowest BCUT2D eigenvalue weighted by Crippen LogP contribution is -2.38. The van der Waals surface area contributed by atoms with Crippen LogP contribution < -0.4 is 0 Å². The summed E-state index contributed by atoms with van der Waals surface area (Å²) in [5.41, 5.74) is 3.47. The third-order valence-electron chi connectivity index (χ3n) is 4.62. The molecule has 25 heavy (non-hydrogen) atoms. The number of hydrogen-bond acceptors (Lipinski definition) is 4. The lowest BCUT2D eigenvalue weighted by Gasteiger charge is -2.27. The van der Waals surface area contributed by atoms with Crippen molar-refractivity contribution in [3.8, 4) is 11.3 Å². The maximum absolute atomic E-state index is 5.75. The molecule has 0 spiro atoms. The molecule has 4 rings (SSSR count). The van der Waals surface area contributed by atoms with E-state index in [0.29, 0.717) is 19.8 Å². The standard InChI is InChI=1S/C20H23N3O2/c1-23(13-17-14-24-9-10-25-17)12-16-11-21-22-20(16)19-8-4-6-15-5-2-3-7-18(15)19/h2-8,11,17H,9-10,12-14H2,1H3,(H,21,22). The Morgan fingerprint density at radius 3 is 2.92 bits per heavy atom. The summed E-state index contributed by atoms with van der Waals surface area (Å²) in [4.78, 5) is 2.26. The molecule has 0 saturated carbocycles. The molecule has 5 heteroatoms. The fourth-order valence-electron chi connectivity index (χ4n) is 3.45. The Labute approximate surface area is 147 Å². The number of aromatic nitrogens is 2. The van der Waals surface area contributed by atoms with Gasteiger partial charge in [0.1, 0.15) is 0 Å². The van der Waals surface area contributed by atoms with E-state index in [1.54, 1.807) is 0 Å². The summed E-state index contributed by atoms with van der Waals surface area (Å²) in [5.74, 6) is 0. The number of aromatic amines is 1. The van der Waals surface area contributed by atoms with Crippen LogP contribution in [0.2, 0.25) is 0 Å². The smallest absolute Gasteiger partial charge is 0.0936 e. The molecule has 1 saturated heterocycles. The first-order valence-corrected chi connectivity index (χ1v) is 8.69. The summed E-state index contributed by atoms with van der Waals surface area (Å²) in [6.45, 7) is 3.72. The van der Waals surface area contributed by atoms with E-state index in [0.717, 1.165) is 18.8 Å². The molecule has 1 unspecified atom stereocenters. The van der Waals surface area contributed by atoms with Gasteiger partial charge < -0.3 is 9.47 Å². The normalized spacial score (nSPS) is 18.1. The first kappa shape index (κ1) is 16.3. The summed E-state index contributed by atoms with van der Waals surface area (Å²) in [5, 5.41) is 9.96. The van der Waals surface area contributed by atoms with Crippen molar-refractivity contribution in [2.75, 3.05) is 33.4 Å². The number of rotatable bonds is 5. The number of H-pyrrole nitrogens is 1. The third kappa shape index (κ3) is 3.58. The average molecular weight is 337 g/mol. The SMILES string of the molecule is CN(Cc1cn[nH]c1-c1cccc2ccccc12)CC1COCCO1. The monoisotopic (exact) mass is 337 g/mol. The van der Waals surface area contributed by atoms with E-state index < -0.39 is 0 Å². The van der Waals surface area contributed by atoms with E-state index in [1.807, 2.05) is 6.20 Å². The molecule has 0 amide bonds. The lowest BCUT2D eigenvalue weighted by atomic mass is 10.00. The average Bonchev–Trinajstić information content (AvgIpc) is 3.09. The molecule has 2 heterocycles. The highest BCUT2D eigenvalue weighted by Crippen LogP contribution is 2.29. The van der Waals surface area contributed by atoms with E-state index >= 15 is 0 Å². The second-order valence-corrected chi connectivity index (χ2v) is 6.56. The molecule has 1 aliphatic rings. The molecule has 0 aliphatic carbocycles. The molecule has 0 bridgehead atoms. The summed E-state index contributed by atoms with van der Waals surface area (Å²) in [6.07, 6.45) is 2.07. The van der Waals surface area contributed by atoms with Crippen LogP contribution in [-0.4, -0.2) is 54.6 Å². The van der Waals surface area contributed by atoms with Gasteiger partial charge in [-0.05, 0) is 17.8 Å². The molecule has 1 aromatic heterocycles. The maximum atomic E-state index is 5.75. The second kappa shape index (κ2) is 7.35. The van der Waals surface area contributed by atoms with Crippen molar-refractivity contribution in [1.82, 2.24) is 15.1 Å². The quantitative estimate of drug-likeness (QED) is 0.777. The van der Waals surface area contributed by atoms with Gasteiger partial charge in [-0.1, -0.05) is 42.5 Å². The minimum atomic E-state index is 0.145. The Morgan fingerprint density at radius 2 is 2.04 bits per heavy atom. The van der Waals surface area contributed by atoms with E-state index in [-0.39, 0.29) is 6.10 Å². The van der Waals surface area contributed by atoms with Gasteiger partial charge in [0, 0.05) is 24.2 Å². The van der Waals surface area contributed by atoms with Crippen molar-refractivity contribution in [2.24, 2.45) is 0 Å². The van der Waals surface area contributed by atoms with Crippen molar-refractivity contribution < 1.29 is 9.47 Å². The number of nitrogens with zero attached hydrogens (tertiary/aromatic N) is 2. The first-order chi connectivity index (χ1) is 12.3. The van der Waals surface area contributed by atoms with Gasteiger partial charge in [0.05, 0.1) is 37.8 Å². The Balaban J connectivity index is 1.55. The molecule has 1 fully saturated rings. The van der Waals surface area contributed by atoms with Gasteiger partial charge in [-0.3, -0.25) is 10.00 Å². The van der Waals surface area contributed by atoms with Gasteiger partial charge in [0.15, 0.2) is 0 Å². The van der Waals surface area contributed by atoms with Crippen molar-refractivity contribution in [3.63, 3.8) is 0 Å². The third-order valence-corrected chi connectivity index (χ3v) is 4.62. The van der Waals surface area contributed by atoms with Crippen LogP contribution in [0.5, 0.6) is 0 Å². The highest BCUT2D eigenvalue weighted by Gasteiger charge is 2.18. The number of hydrogen-bond donors (Lipinski definition) is 1. The van der Waals surface area contributed by atoms with Crippen LogP contribution >= 0.6 is 0 Å². The van der Waals surface area contributed by atoms with Crippen molar-refractivity contribution >= 4 is 10.8 Å². The van der Waals surface area contributed by atoms with Crippen molar-refractivity contribution in [1.29, 1.82) is 0 Å². The summed E-state index contributed by atoms with van der Waals surface area (Å²) < 4.78 is 11.2. The molecule has 1 N–H and O–H groups in total. The highest BCUT2D eigenvalue weighted by molar-refractivity contribution is 5.96. The van der Waals surface area contributed by atoms with Gasteiger partial charge in [-0.25, -0.2) is 0 Å². The zero-order valence-corrected chi connectivity index (χ0v) is 14.4. The molecule has 5 nitrogen and oxygen atoms in total. The summed E-state index contributed by atoms with van der Waals surface area (Å²) in [7, 11) is 2.11. The predicted octanol–water partition coefficient (Wildman–Crippen LogP) is 3.08. The lowest BCUT2D eigenvalue weighted by molar-refractivity contribution is -0.0962. The Bertz CT molecular complexity index is 834. The number of nitrogens with one attached hydrogen (secondary N) is 1. The van der Waals surface area contributed by atoms with E-state index in [4.69, 9.17) is 9.47 Å². The van der Waals surface area contributed by atoms with Gasteiger partial charge in [-0.2, -0.15) is 5.10 Å². The number of fused-ring (bicyclic) bond motifs is 1. The second-order valence-electron chi connectivity index (χ2n) is 6.56. The number of benzene rings is 2. The highest BCUT2D eigenvalue weighted by atomic mass is 16.6. The predicted molar refractivity (Wildman–Crippen MR) is 98.4 cm³/mol. The van der Waals surface area contributed by atoms with Crippen molar-refractivity contribution in [2.45, 2.75) is 12.6 Å². The zero-order valence-electron chi connectivity index (χ0n) is 14.4. The number of ether oxygens (including phenoxy) is 2. The van der Waals surface area contributed by atoms with Crippen molar-refractivity contribution in [3.05, 3.63) is 54.2 Å². The molecule has 130 valence electrons.